The fourth-order valence-corrected chi connectivity index (χ4v) is 5.64. The summed E-state index contributed by atoms with van der Waals surface area (Å²) in [6, 6.07) is 8.46. The van der Waals surface area contributed by atoms with Gasteiger partial charge in [0, 0.05) is 27.2 Å². The van der Waals surface area contributed by atoms with Gasteiger partial charge in [-0.25, -0.2) is 4.79 Å². The molecule has 2 atom stereocenters. The molecule has 2 fully saturated rings. The van der Waals surface area contributed by atoms with Crippen molar-refractivity contribution >= 4 is 87.3 Å². The third-order valence-electron chi connectivity index (χ3n) is 5.86. The Bertz CT molecular complexity index is 1260. The van der Waals surface area contributed by atoms with Gasteiger partial charge in [-0.15, -0.1) is 23.2 Å². The number of amides is 4. The fourth-order valence-electron chi connectivity index (χ4n) is 4.05. The van der Waals surface area contributed by atoms with E-state index in [-0.39, 0.29) is 16.3 Å². The lowest BCUT2D eigenvalue weighted by Crippen LogP contribution is -2.41. The molecule has 4 amide bonds. The van der Waals surface area contributed by atoms with Gasteiger partial charge in [-0.1, -0.05) is 34.8 Å². The van der Waals surface area contributed by atoms with Gasteiger partial charge in [0.15, 0.2) is 5.78 Å². The van der Waals surface area contributed by atoms with Crippen molar-refractivity contribution in [3.63, 3.8) is 0 Å². The van der Waals surface area contributed by atoms with Gasteiger partial charge < -0.3 is 10.6 Å². The predicted octanol–water partition coefficient (Wildman–Crippen LogP) is 5.69. The maximum atomic E-state index is 13.0. The van der Waals surface area contributed by atoms with Crippen LogP contribution in [0.2, 0.25) is 15.1 Å². The summed E-state index contributed by atoms with van der Waals surface area (Å²) in [5.74, 6) is -2.93. The van der Waals surface area contributed by atoms with Gasteiger partial charge in [-0.2, -0.15) is 0 Å². The highest BCUT2D eigenvalue weighted by atomic mass is 35.5. The van der Waals surface area contributed by atoms with E-state index in [1.54, 1.807) is 18.2 Å². The van der Waals surface area contributed by atoms with Crippen LogP contribution in [-0.4, -0.2) is 44.9 Å². The Balaban J connectivity index is 1.50. The molecular weight excluding hydrogens is 560 g/mol. The molecule has 184 valence electrons. The number of anilines is 1. The first-order valence-electron chi connectivity index (χ1n) is 10.3. The van der Waals surface area contributed by atoms with Gasteiger partial charge in [0.05, 0.1) is 17.5 Å². The van der Waals surface area contributed by atoms with Gasteiger partial charge in [-0.3, -0.25) is 19.3 Å². The van der Waals surface area contributed by atoms with Crippen LogP contribution in [0.3, 0.4) is 0 Å². The van der Waals surface area contributed by atoms with Crippen molar-refractivity contribution in [2.24, 2.45) is 5.92 Å². The largest absolute Gasteiger partial charge is 0.326 e. The molecule has 35 heavy (non-hydrogen) atoms. The highest BCUT2D eigenvalue weighted by Gasteiger charge is 2.67. The van der Waals surface area contributed by atoms with Crippen molar-refractivity contribution in [1.29, 1.82) is 0 Å². The molecule has 2 N–H and O–H groups in total. The molecule has 1 aliphatic heterocycles. The van der Waals surface area contributed by atoms with Crippen LogP contribution in [0.5, 0.6) is 0 Å². The molecule has 1 heterocycles. The number of benzene rings is 2. The number of halogens is 5. The van der Waals surface area contributed by atoms with E-state index in [0.717, 1.165) is 4.90 Å². The lowest BCUT2D eigenvalue weighted by Gasteiger charge is -2.16. The number of nitrogens with zero attached hydrogens (tertiary/aromatic N) is 1. The number of nitrogens with one attached hydrogen (secondary N) is 2. The molecule has 7 nitrogen and oxygen atoms in total. The van der Waals surface area contributed by atoms with E-state index in [1.807, 2.05) is 0 Å². The summed E-state index contributed by atoms with van der Waals surface area (Å²) in [6.45, 7) is 2.58. The molecule has 2 aromatic carbocycles. The summed E-state index contributed by atoms with van der Waals surface area (Å²) >= 11 is 31.1. The smallest absolute Gasteiger partial charge is 0.325 e. The zero-order valence-corrected chi connectivity index (χ0v) is 22.1. The predicted molar refractivity (Wildman–Crippen MR) is 136 cm³/mol. The van der Waals surface area contributed by atoms with Gasteiger partial charge in [0.2, 0.25) is 5.91 Å². The number of imide groups is 1. The molecule has 2 unspecified atom stereocenters. The summed E-state index contributed by atoms with van der Waals surface area (Å²) in [5, 5.41) is 6.07. The van der Waals surface area contributed by atoms with Crippen LogP contribution < -0.4 is 10.6 Å². The number of alkyl halides is 2. The molecular formula is C23H18Cl5N3O4. The van der Waals surface area contributed by atoms with E-state index in [9.17, 15) is 19.2 Å². The highest BCUT2D eigenvalue weighted by Crippen LogP contribution is 2.65. The SMILES string of the molecule is CC1(C)NC(=O)N(CC(=O)c2cc(NC(=O)C3C(c4cc(Cl)cc(Cl)c4)C3(Cl)Cl)ccc2Cl)C1=O. The topological polar surface area (TPSA) is 95.6 Å². The molecule has 0 bridgehead atoms. The van der Waals surface area contributed by atoms with Crippen molar-refractivity contribution in [2.75, 3.05) is 11.9 Å². The molecule has 4 rings (SSSR count). The van der Waals surface area contributed by atoms with E-state index in [1.165, 1.54) is 32.0 Å². The van der Waals surface area contributed by atoms with Crippen molar-refractivity contribution in [3.05, 3.63) is 62.6 Å². The fraction of sp³-hybridized carbons (Fsp3) is 0.304. The molecule has 0 radical (unpaired) electrons. The Morgan fingerprint density at radius 2 is 1.66 bits per heavy atom. The van der Waals surface area contributed by atoms with Crippen molar-refractivity contribution < 1.29 is 19.2 Å². The van der Waals surface area contributed by atoms with Gasteiger partial charge >= 0.3 is 6.03 Å². The molecule has 0 aromatic heterocycles. The van der Waals surface area contributed by atoms with Gasteiger partial charge in [-0.05, 0) is 55.8 Å². The number of urea groups is 1. The third-order valence-corrected chi connectivity index (χ3v) is 7.57. The van der Waals surface area contributed by atoms with Crippen LogP contribution in [0.15, 0.2) is 36.4 Å². The average Bonchev–Trinajstić information content (AvgIpc) is 3.27. The van der Waals surface area contributed by atoms with E-state index in [0.29, 0.717) is 15.6 Å². The standard InChI is InChI=1S/C23H18Cl5N3O4/c1-22(2)20(34)31(21(35)30-22)9-16(32)14-8-13(3-4-15(14)26)29-19(33)18-17(23(18,27)28)10-5-11(24)7-12(25)6-10/h3-8,17-18H,9H2,1-2H3,(H,29,33)(H,30,35). The summed E-state index contributed by atoms with van der Waals surface area (Å²) in [6.07, 6.45) is 0. The second kappa shape index (κ2) is 9.12. The van der Waals surface area contributed by atoms with Crippen LogP contribution in [0.4, 0.5) is 10.5 Å². The van der Waals surface area contributed by atoms with Gasteiger partial charge in [0.25, 0.3) is 5.91 Å². The number of hydrogen-bond donors (Lipinski definition) is 2. The summed E-state index contributed by atoms with van der Waals surface area (Å²) in [5.41, 5.74) is -0.192. The molecule has 2 aromatic rings. The summed E-state index contributed by atoms with van der Waals surface area (Å²) in [7, 11) is 0. The second-order valence-electron chi connectivity index (χ2n) is 8.89. The van der Waals surface area contributed by atoms with Crippen molar-refractivity contribution in [2.45, 2.75) is 29.6 Å². The maximum absolute atomic E-state index is 13.0. The Morgan fingerprint density at radius 3 is 2.23 bits per heavy atom. The highest BCUT2D eigenvalue weighted by molar-refractivity contribution is 6.53. The lowest BCUT2D eigenvalue weighted by molar-refractivity contribution is -0.129. The first-order chi connectivity index (χ1) is 16.2. The van der Waals surface area contributed by atoms with E-state index < -0.39 is 51.9 Å². The second-order valence-corrected chi connectivity index (χ2v) is 11.6. The quantitative estimate of drug-likeness (QED) is 0.262. The number of rotatable bonds is 6. The van der Waals surface area contributed by atoms with Crippen molar-refractivity contribution in [3.8, 4) is 0 Å². The molecule has 0 spiro atoms. The number of Topliss-reactive ketones (excluding diaryl/α,β-unsaturated/α-hetero) is 1. The van der Waals surface area contributed by atoms with Crippen LogP contribution in [0.25, 0.3) is 0 Å². The monoisotopic (exact) mass is 575 g/mol. The lowest BCUT2D eigenvalue weighted by atomic mass is 10.1. The van der Waals surface area contributed by atoms with E-state index in [4.69, 9.17) is 58.0 Å². The van der Waals surface area contributed by atoms with E-state index >= 15 is 0 Å². The Hall–Kier alpha value is -2.03. The average molecular weight is 578 g/mol. The Morgan fingerprint density at radius 1 is 1.03 bits per heavy atom. The maximum Gasteiger partial charge on any atom is 0.325 e. The van der Waals surface area contributed by atoms with E-state index in [2.05, 4.69) is 10.6 Å². The normalized spacial score (nSPS) is 22.1. The number of carbonyl (C=O) groups is 4. The first-order valence-corrected chi connectivity index (χ1v) is 12.2. The molecule has 12 heteroatoms. The van der Waals surface area contributed by atoms with Crippen LogP contribution >= 0.6 is 58.0 Å². The van der Waals surface area contributed by atoms with Crippen LogP contribution in [0.1, 0.15) is 35.7 Å². The Labute approximate surface area is 226 Å². The number of hydrogen-bond acceptors (Lipinski definition) is 4. The summed E-state index contributed by atoms with van der Waals surface area (Å²) < 4.78 is -1.38. The first kappa shape index (κ1) is 26.0. The minimum Gasteiger partial charge on any atom is -0.326 e. The minimum absolute atomic E-state index is 0.0340. The van der Waals surface area contributed by atoms with Crippen molar-refractivity contribution in [1.82, 2.24) is 10.2 Å². The molecule has 2 aliphatic rings. The Kier molecular flexibility index (Phi) is 6.79. The molecule has 1 saturated heterocycles. The third kappa shape index (κ3) is 4.98. The zero-order chi connectivity index (χ0) is 25.9. The van der Waals surface area contributed by atoms with Crippen LogP contribution in [-0.2, 0) is 9.59 Å². The number of ketones is 1. The summed E-state index contributed by atoms with van der Waals surface area (Å²) in [4.78, 5) is 51.2. The number of carbonyl (C=O) groups excluding carboxylic acids is 4. The molecule has 1 saturated carbocycles. The minimum atomic E-state index is -1.38. The zero-order valence-electron chi connectivity index (χ0n) is 18.3. The van der Waals surface area contributed by atoms with Gasteiger partial charge in [0.1, 0.15) is 9.87 Å². The molecule has 1 aliphatic carbocycles. The van der Waals surface area contributed by atoms with Crippen LogP contribution in [0, 0.1) is 5.92 Å².